The zero-order valence-corrected chi connectivity index (χ0v) is 15.0. The molecule has 0 aromatic heterocycles. The molecule has 0 spiro atoms. The summed E-state index contributed by atoms with van der Waals surface area (Å²) in [6.45, 7) is 4.60. The first-order chi connectivity index (χ1) is 12.9. The van der Waals surface area contributed by atoms with Crippen molar-refractivity contribution in [3.63, 3.8) is 0 Å². The number of nitrogens with zero attached hydrogens (tertiary/aromatic N) is 2. The third-order valence-corrected chi connectivity index (χ3v) is 4.85. The molecule has 0 radical (unpaired) electrons. The summed E-state index contributed by atoms with van der Waals surface area (Å²) in [5.74, 6) is -0.431. The average molecular weight is 377 g/mol. The van der Waals surface area contributed by atoms with Gasteiger partial charge in [-0.25, -0.2) is 0 Å². The highest BCUT2D eigenvalue weighted by atomic mass is 19.4. The number of rotatable bonds is 4. The molecule has 1 N–H and O–H groups in total. The Kier molecular flexibility index (Phi) is 5.70. The minimum Gasteiger partial charge on any atom is -0.369 e. The molecule has 3 rings (SSSR count). The SMILES string of the molecule is CC(C(=O)Nc1ccccc1C(F)(F)F)N1CCN(c2ccccc2)CC1. The fourth-order valence-corrected chi connectivity index (χ4v) is 3.25. The van der Waals surface area contributed by atoms with Crippen LogP contribution in [0.1, 0.15) is 12.5 Å². The molecule has 144 valence electrons. The lowest BCUT2D eigenvalue weighted by Gasteiger charge is -2.38. The molecule has 7 heteroatoms. The number of alkyl halides is 3. The van der Waals surface area contributed by atoms with Crippen molar-refractivity contribution < 1.29 is 18.0 Å². The number of para-hydroxylation sites is 2. The summed E-state index contributed by atoms with van der Waals surface area (Å²) in [7, 11) is 0. The molecule has 1 amide bonds. The van der Waals surface area contributed by atoms with Gasteiger partial charge in [-0.3, -0.25) is 9.69 Å². The van der Waals surface area contributed by atoms with Gasteiger partial charge in [-0.2, -0.15) is 13.2 Å². The molecule has 2 aromatic rings. The van der Waals surface area contributed by atoms with Gasteiger partial charge >= 0.3 is 6.18 Å². The highest BCUT2D eigenvalue weighted by Crippen LogP contribution is 2.34. The second-order valence-electron chi connectivity index (χ2n) is 6.57. The van der Waals surface area contributed by atoms with Crippen molar-refractivity contribution in [1.82, 2.24) is 4.90 Å². The smallest absolute Gasteiger partial charge is 0.369 e. The van der Waals surface area contributed by atoms with E-state index in [1.807, 2.05) is 35.2 Å². The lowest BCUT2D eigenvalue weighted by atomic mass is 10.1. The Morgan fingerprint density at radius 2 is 1.56 bits per heavy atom. The van der Waals surface area contributed by atoms with Crippen molar-refractivity contribution in [2.75, 3.05) is 36.4 Å². The molecule has 0 aliphatic carbocycles. The maximum atomic E-state index is 13.1. The summed E-state index contributed by atoms with van der Waals surface area (Å²) in [5, 5.41) is 2.44. The molecule has 2 aromatic carbocycles. The van der Waals surface area contributed by atoms with Gasteiger partial charge in [0.2, 0.25) is 5.91 Å². The Labute approximate surface area is 156 Å². The van der Waals surface area contributed by atoms with Gasteiger partial charge < -0.3 is 10.2 Å². The predicted molar refractivity (Wildman–Crippen MR) is 99.8 cm³/mol. The minimum absolute atomic E-state index is 0.204. The Morgan fingerprint density at radius 3 is 2.19 bits per heavy atom. The minimum atomic E-state index is -4.51. The molecule has 27 heavy (non-hydrogen) atoms. The van der Waals surface area contributed by atoms with Gasteiger partial charge in [0.1, 0.15) is 0 Å². The van der Waals surface area contributed by atoms with Gasteiger partial charge in [0.15, 0.2) is 0 Å². The molecule has 0 saturated carbocycles. The quantitative estimate of drug-likeness (QED) is 0.879. The van der Waals surface area contributed by atoms with Crippen LogP contribution in [0, 0.1) is 0 Å². The average Bonchev–Trinajstić information content (AvgIpc) is 2.68. The van der Waals surface area contributed by atoms with Crippen molar-refractivity contribution in [2.45, 2.75) is 19.1 Å². The third-order valence-electron chi connectivity index (χ3n) is 4.85. The fourth-order valence-electron chi connectivity index (χ4n) is 3.25. The molecule has 1 fully saturated rings. The number of nitrogens with one attached hydrogen (secondary N) is 1. The molecule has 1 aliphatic rings. The summed E-state index contributed by atoms with van der Waals surface area (Å²) in [5.41, 5.74) is 0.0950. The highest BCUT2D eigenvalue weighted by molar-refractivity contribution is 5.95. The molecule has 1 heterocycles. The second-order valence-corrected chi connectivity index (χ2v) is 6.57. The second kappa shape index (κ2) is 8.00. The number of hydrogen-bond acceptors (Lipinski definition) is 3. The van der Waals surface area contributed by atoms with Gasteiger partial charge in [0.25, 0.3) is 0 Å². The fraction of sp³-hybridized carbons (Fsp3) is 0.350. The summed E-state index contributed by atoms with van der Waals surface area (Å²) < 4.78 is 39.3. The zero-order chi connectivity index (χ0) is 19.4. The summed E-state index contributed by atoms with van der Waals surface area (Å²) in [6, 6.07) is 14.5. The number of anilines is 2. The van der Waals surface area contributed by atoms with Crippen LogP contribution in [0.25, 0.3) is 0 Å². The number of amides is 1. The first-order valence-corrected chi connectivity index (χ1v) is 8.87. The number of carbonyl (C=O) groups excluding carboxylic acids is 1. The van der Waals surface area contributed by atoms with E-state index in [-0.39, 0.29) is 5.69 Å². The Hall–Kier alpha value is -2.54. The van der Waals surface area contributed by atoms with E-state index in [9.17, 15) is 18.0 Å². The topological polar surface area (TPSA) is 35.6 Å². The monoisotopic (exact) mass is 377 g/mol. The van der Waals surface area contributed by atoms with Gasteiger partial charge in [0, 0.05) is 31.9 Å². The van der Waals surface area contributed by atoms with E-state index in [0.29, 0.717) is 13.1 Å². The number of hydrogen-bond donors (Lipinski definition) is 1. The van der Waals surface area contributed by atoms with Crippen LogP contribution in [-0.4, -0.2) is 43.0 Å². The number of benzene rings is 2. The normalized spacial score (nSPS) is 16.8. The third kappa shape index (κ3) is 4.60. The van der Waals surface area contributed by atoms with Crippen LogP contribution in [0.5, 0.6) is 0 Å². The van der Waals surface area contributed by atoms with Crippen LogP contribution in [0.4, 0.5) is 24.5 Å². The molecule has 1 atom stereocenters. The number of carbonyl (C=O) groups is 1. The maximum absolute atomic E-state index is 13.1. The van der Waals surface area contributed by atoms with Crippen molar-refractivity contribution >= 4 is 17.3 Å². The van der Waals surface area contributed by atoms with Crippen LogP contribution in [0.15, 0.2) is 54.6 Å². The Bertz CT molecular complexity index is 772. The molecule has 1 unspecified atom stereocenters. The highest BCUT2D eigenvalue weighted by Gasteiger charge is 2.34. The van der Waals surface area contributed by atoms with E-state index < -0.39 is 23.7 Å². The van der Waals surface area contributed by atoms with Crippen LogP contribution in [0.2, 0.25) is 0 Å². The largest absolute Gasteiger partial charge is 0.418 e. The Morgan fingerprint density at radius 1 is 0.963 bits per heavy atom. The van der Waals surface area contributed by atoms with Gasteiger partial charge in [-0.15, -0.1) is 0 Å². The van der Waals surface area contributed by atoms with Crippen molar-refractivity contribution in [3.05, 3.63) is 60.2 Å². The predicted octanol–water partition coefficient (Wildman–Crippen LogP) is 3.85. The van der Waals surface area contributed by atoms with E-state index >= 15 is 0 Å². The van der Waals surface area contributed by atoms with Gasteiger partial charge in [-0.05, 0) is 31.2 Å². The van der Waals surface area contributed by atoms with Gasteiger partial charge in [-0.1, -0.05) is 30.3 Å². The first-order valence-electron chi connectivity index (χ1n) is 8.87. The zero-order valence-electron chi connectivity index (χ0n) is 15.0. The van der Waals surface area contributed by atoms with Crippen LogP contribution in [0.3, 0.4) is 0 Å². The molecule has 1 saturated heterocycles. The number of halogens is 3. The van der Waals surface area contributed by atoms with E-state index in [4.69, 9.17) is 0 Å². The van der Waals surface area contributed by atoms with Crippen molar-refractivity contribution in [3.8, 4) is 0 Å². The molecule has 0 bridgehead atoms. The Balaban J connectivity index is 1.61. The van der Waals surface area contributed by atoms with Crippen molar-refractivity contribution in [2.24, 2.45) is 0 Å². The van der Waals surface area contributed by atoms with Crippen LogP contribution in [-0.2, 0) is 11.0 Å². The van der Waals surface area contributed by atoms with E-state index in [1.165, 1.54) is 18.2 Å². The standard InChI is InChI=1S/C20H22F3N3O/c1-15(19(27)24-18-10-6-5-9-17(18)20(21,22)23)25-11-13-26(14-12-25)16-7-3-2-4-8-16/h2-10,15H,11-14H2,1H3,(H,24,27). The first kappa shape index (κ1) is 19.2. The number of piperazine rings is 1. The molecular formula is C20H22F3N3O. The summed E-state index contributed by atoms with van der Waals surface area (Å²) >= 11 is 0. The van der Waals surface area contributed by atoms with Crippen molar-refractivity contribution in [1.29, 1.82) is 0 Å². The molecule has 4 nitrogen and oxygen atoms in total. The maximum Gasteiger partial charge on any atom is 0.418 e. The van der Waals surface area contributed by atoms with Crippen LogP contribution < -0.4 is 10.2 Å². The van der Waals surface area contributed by atoms with E-state index in [1.54, 1.807) is 6.92 Å². The lowest BCUT2D eigenvalue weighted by Crippen LogP contribution is -2.52. The molecule has 1 aliphatic heterocycles. The summed E-state index contributed by atoms with van der Waals surface area (Å²) in [6.07, 6.45) is -4.51. The van der Waals surface area contributed by atoms with Crippen LogP contribution >= 0.6 is 0 Å². The van der Waals surface area contributed by atoms with E-state index in [0.717, 1.165) is 24.8 Å². The van der Waals surface area contributed by atoms with E-state index in [2.05, 4.69) is 10.2 Å². The van der Waals surface area contributed by atoms with Gasteiger partial charge in [0.05, 0.1) is 17.3 Å². The summed E-state index contributed by atoms with van der Waals surface area (Å²) in [4.78, 5) is 16.7. The molecular weight excluding hydrogens is 355 g/mol. The lowest BCUT2D eigenvalue weighted by molar-refractivity contribution is -0.137.